The van der Waals surface area contributed by atoms with Gasteiger partial charge < -0.3 is 10.1 Å². The lowest BCUT2D eigenvalue weighted by molar-refractivity contribution is 0.409. The van der Waals surface area contributed by atoms with Gasteiger partial charge >= 0.3 is 0 Å². The van der Waals surface area contributed by atoms with Crippen LogP contribution >= 0.6 is 0 Å². The Morgan fingerprint density at radius 3 is 2.29 bits per heavy atom. The Balaban J connectivity index is 2.20. The van der Waals surface area contributed by atoms with Crippen molar-refractivity contribution in [2.24, 2.45) is 0 Å². The molecule has 0 bridgehead atoms. The summed E-state index contributed by atoms with van der Waals surface area (Å²) in [6.45, 7) is 8.54. The maximum Gasteiger partial charge on any atom is 0.126 e. The van der Waals surface area contributed by atoms with Gasteiger partial charge in [-0.3, -0.25) is 0 Å². The standard InChI is InChI=1S/C19H25NO/c1-6-16-8-10-17(11-9-16)15(4)20-18-12-7-13(2)19(21-5)14(18)3/h7-12,15,20H,6H2,1-5H3. The predicted molar refractivity (Wildman–Crippen MR) is 90.3 cm³/mol. The van der Waals surface area contributed by atoms with E-state index < -0.39 is 0 Å². The van der Waals surface area contributed by atoms with E-state index in [0.717, 1.165) is 23.4 Å². The monoisotopic (exact) mass is 283 g/mol. The highest BCUT2D eigenvalue weighted by Gasteiger charge is 2.11. The summed E-state index contributed by atoms with van der Waals surface area (Å²) in [7, 11) is 1.73. The van der Waals surface area contributed by atoms with Gasteiger partial charge in [0.1, 0.15) is 5.75 Å². The summed E-state index contributed by atoms with van der Waals surface area (Å²) in [4.78, 5) is 0. The van der Waals surface area contributed by atoms with Crippen molar-refractivity contribution >= 4 is 5.69 Å². The van der Waals surface area contributed by atoms with Crippen molar-refractivity contribution in [2.75, 3.05) is 12.4 Å². The SMILES string of the molecule is CCc1ccc(C(C)Nc2ccc(C)c(OC)c2C)cc1. The smallest absolute Gasteiger partial charge is 0.126 e. The zero-order valence-corrected chi connectivity index (χ0v) is 13.7. The highest BCUT2D eigenvalue weighted by molar-refractivity contribution is 5.60. The summed E-state index contributed by atoms with van der Waals surface area (Å²) >= 11 is 0. The van der Waals surface area contributed by atoms with E-state index >= 15 is 0 Å². The largest absolute Gasteiger partial charge is 0.496 e. The molecule has 0 aliphatic rings. The van der Waals surface area contributed by atoms with E-state index in [4.69, 9.17) is 4.74 Å². The lowest BCUT2D eigenvalue weighted by Crippen LogP contribution is -2.08. The Hall–Kier alpha value is -1.96. The Kier molecular flexibility index (Phi) is 4.89. The van der Waals surface area contributed by atoms with Crippen molar-refractivity contribution in [3.8, 4) is 5.75 Å². The van der Waals surface area contributed by atoms with E-state index in [1.54, 1.807) is 7.11 Å². The molecule has 2 aromatic rings. The van der Waals surface area contributed by atoms with Gasteiger partial charge in [0.2, 0.25) is 0 Å². The minimum Gasteiger partial charge on any atom is -0.496 e. The summed E-state index contributed by atoms with van der Waals surface area (Å²) in [6.07, 6.45) is 1.08. The van der Waals surface area contributed by atoms with Gasteiger partial charge in [-0.25, -0.2) is 0 Å². The van der Waals surface area contributed by atoms with Gasteiger partial charge in [0.05, 0.1) is 7.11 Å². The van der Waals surface area contributed by atoms with E-state index in [2.05, 4.69) is 69.4 Å². The third-order valence-electron chi connectivity index (χ3n) is 4.07. The fraction of sp³-hybridized carbons (Fsp3) is 0.368. The number of methoxy groups -OCH3 is 1. The first kappa shape index (κ1) is 15.4. The number of rotatable bonds is 5. The quantitative estimate of drug-likeness (QED) is 0.829. The van der Waals surface area contributed by atoms with Gasteiger partial charge in [-0.15, -0.1) is 0 Å². The fourth-order valence-corrected chi connectivity index (χ4v) is 2.66. The summed E-state index contributed by atoms with van der Waals surface area (Å²) in [5, 5.41) is 3.59. The van der Waals surface area contributed by atoms with Gasteiger partial charge in [-0.2, -0.15) is 0 Å². The van der Waals surface area contributed by atoms with Crippen molar-refractivity contribution in [3.05, 3.63) is 58.7 Å². The molecule has 1 N–H and O–H groups in total. The lowest BCUT2D eigenvalue weighted by Gasteiger charge is -2.20. The van der Waals surface area contributed by atoms with Crippen LogP contribution in [0.2, 0.25) is 0 Å². The van der Waals surface area contributed by atoms with Crippen molar-refractivity contribution in [3.63, 3.8) is 0 Å². The number of anilines is 1. The summed E-state index contributed by atoms with van der Waals surface area (Å²) in [5.74, 6) is 0.966. The highest BCUT2D eigenvalue weighted by Crippen LogP contribution is 2.31. The molecule has 0 aliphatic carbocycles. The van der Waals surface area contributed by atoms with Crippen molar-refractivity contribution in [2.45, 2.75) is 40.2 Å². The van der Waals surface area contributed by atoms with Crippen LogP contribution in [0.15, 0.2) is 36.4 Å². The van der Waals surface area contributed by atoms with Crippen LogP contribution in [0.1, 0.15) is 42.1 Å². The van der Waals surface area contributed by atoms with E-state index in [1.165, 1.54) is 16.7 Å². The molecule has 0 radical (unpaired) electrons. The Morgan fingerprint density at radius 2 is 1.71 bits per heavy atom. The molecule has 21 heavy (non-hydrogen) atoms. The fourth-order valence-electron chi connectivity index (χ4n) is 2.66. The molecule has 0 saturated carbocycles. The van der Waals surface area contributed by atoms with Crippen LogP contribution < -0.4 is 10.1 Å². The predicted octanol–water partition coefficient (Wildman–Crippen LogP) is 5.05. The molecule has 0 saturated heterocycles. The van der Waals surface area contributed by atoms with Crippen LogP contribution in [0.3, 0.4) is 0 Å². The number of nitrogens with one attached hydrogen (secondary N) is 1. The molecule has 0 fully saturated rings. The highest BCUT2D eigenvalue weighted by atomic mass is 16.5. The normalized spacial score (nSPS) is 12.0. The number of benzene rings is 2. The van der Waals surface area contributed by atoms with Crippen molar-refractivity contribution < 1.29 is 4.74 Å². The first-order valence-corrected chi connectivity index (χ1v) is 7.56. The number of aryl methyl sites for hydroxylation is 2. The Morgan fingerprint density at radius 1 is 1.05 bits per heavy atom. The molecular formula is C19H25NO. The van der Waals surface area contributed by atoms with E-state index in [9.17, 15) is 0 Å². The van der Waals surface area contributed by atoms with Crippen LogP contribution in [-0.4, -0.2) is 7.11 Å². The maximum atomic E-state index is 5.49. The van der Waals surface area contributed by atoms with Gasteiger partial charge in [0.25, 0.3) is 0 Å². The first-order valence-electron chi connectivity index (χ1n) is 7.56. The molecule has 0 amide bonds. The minimum absolute atomic E-state index is 0.266. The van der Waals surface area contributed by atoms with Crippen LogP contribution in [0.4, 0.5) is 5.69 Å². The maximum absolute atomic E-state index is 5.49. The molecule has 1 unspecified atom stereocenters. The van der Waals surface area contributed by atoms with E-state index in [-0.39, 0.29) is 6.04 Å². The molecule has 2 nitrogen and oxygen atoms in total. The van der Waals surface area contributed by atoms with Gasteiger partial charge in [0, 0.05) is 17.3 Å². The topological polar surface area (TPSA) is 21.3 Å². The number of hydrogen-bond donors (Lipinski definition) is 1. The molecule has 112 valence electrons. The second-order valence-corrected chi connectivity index (χ2v) is 5.55. The molecule has 0 heterocycles. The second kappa shape index (κ2) is 6.66. The molecule has 0 spiro atoms. The van der Waals surface area contributed by atoms with Gasteiger partial charge in [-0.05, 0) is 49.9 Å². The number of ether oxygens (including phenoxy) is 1. The molecule has 0 aromatic heterocycles. The number of hydrogen-bond acceptors (Lipinski definition) is 2. The van der Waals surface area contributed by atoms with Gasteiger partial charge in [0.15, 0.2) is 0 Å². The minimum atomic E-state index is 0.266. The van der Waals surface area contributed by atoms with Crippen molar-refractivity contribution in [1.82, 2.24) is 0 Å². The average Bonchev–Trinajstić information content (AvgIpc) is 2.50. The molecule has 2 aromatic carbocycles. The van der Waals surface area contributed by atoms with Gasteiger partial charge in [-0.1, -0.05) is 37.3 Å². The summed E-state index contributed by atoms with van der Waals surface area (Å²) in [5.41, 5.74) is 6.13. The van der Waals surface area contributed by atoms with Crippen LogP contribution in [0.25, 0.3) is 0 Å². The van der Waals surface area contributed by atoms with Crippen LogP contribution in [0, 0.1) is 13.8 Å². The lowest BCUT2D eigenvalue weighted by atomic mass is 10.0. The molecular weight excluding hydrogens is 258 g/mol. The first-order chi connectivity index (χ1) is 10.1. The average molecular weight is 283 g/mol. The van der Waals surface area contributed by atoms with Crippen LogP contribution in [-0.2, 0) is 6.42 Å². The van der Waals surface area contributed by atoms with Crippen LogP contribution in [0.5, 0.6) is 5.75 Å². The zero-order valence-electron chi connectivity index (χ0n) is 13.7. The Bertz CT molecular complexity index is 602. The zero-order chi connectivity index (χ0) is 15.4. The van der Waals surface area contributed by atoms with Crippen molar-refractivity contribution in [1.29, 1.82) is 0 Å². The summed E-state index contributed by atoms with van der Waals surface area (Å²) < 4.78 is 5.49. The second-order valence-electron chi connectivity index (χ2n) is 5.55. The molecule has 2 heteroatoms. The Labute approximate surface area is 128 Å². The third-order valence-corrected chi connectivity index (χ3v) is 4.07. The molecule has 0 aliphatic heterocycles. The summed E-state index contributed by atoms with van der Waals surface area (Å²) in [6, 6.07) is 13.3. The van der Waals surface area contributed by atoms with E-state index in [0.29, 0.717) is 0 Å². The van der Waals surface area contributed by atoms with E-state index in [1.807, 2.05) is 0 Å². The molecule has 1 atom stereocenters. The third kappa shape index (κ3) is 3.38. The molecule has 2 rings (SSSR count).